The fourth-order valence-electron chi connectivity index (χ4n) is 5.21. The van der Waals surface area contributed by atoms with Crippen LogP contribution in [-0.2, 0) is 0 Å². The molecule has 3 aromatic heterocycles. The second-order valence-corrected chi connectivity index (χ2v) is 9.58. The minimum Gasteiger partial charge on any atom is -0.369 e. The van der Waals surface area contributed by atoms with Gasteiger partial charge in [-0.3, -0.25) is 0 Å². The molecule has 7 nitrogen and oxygen atoms in total. The zero-order valence-corrected chi connectivity index (χ0v) is 18.7. The van der Waals surface area contributed by atoms with Crippen molar-refractivity contribution in [1.82, 2.24) is 24.8 Å². The Balaban J connectivity index is 1.23. The largest absolute Gasteiger partial charge is 0.369 e. The van der Waals surface area contributed by atoms with Crippen LogP contribution in [0.4, 0.5) is 17.5 Å². The van der Waals surface area contributed by atoms with Gasteiger partial charge in [-0.2, -0.15) is 0 Å². The average Bonchev–Trinajstić information content (AvgIpc) is 3.24. The Morgan fingerprint density at radius 1 is 0.969 bits per heavy atom. The minimum absolute atomic E-state index is 0.365. The van der Waals surface area contributed by atoms with Gasteiger partial charge in [-0.15, -0.1) is 0 Å². The maximum absolute atomic E-state index is 4.86. The maximum Gasteiger partial charge on any atom is 0.228 e. The summed E-state index contributed by atoms with van der Waals surface area (Å²) in [6.45, 7) is 8.96. The predicted octanol–water partition coefficient (Wildman–Crippen LogP) is 4.49. The van der Waals surface area contributed by atoms with Crippen molar-refractivity contribution in [3.8, 4) is 0 Å². The Labute approximate surface area is 187 Å². The summed E-state index contributed by atoms with van der Waals surface area (Å²) in [5.41, 5.74) is 3.81. The van der Waals surface area contributed by atoms with Crippen LogP contribution in [-0.4, -0.2) is 45.7 Å². The Kier molecular flexibility index (Phi) is 4.54. The fraction of sp³-hybridized carbons (Fsp3) is 0.400. The lowest BCUT2D eigenvalue weighted by atomic mass is 9.72. The summed E-state index contributed by atoms with van der Waals surface area (Å²) in [5, 5.41) is 8.99. The van der Waals surface area contributed by atoms with Crippen LogP contribution in [0.25, 0.3) is 21.8 Å². The second kappa shape index (κ2) is 7.45. The molecule has 0 amide bonds. The van der Waals surface area contributed by atoms with E-state index in [1.807, 2.05) is 18.5 Å². The van der Waals surface area contributed by atoms with E-state index in [4.69, 9.17) is 4.98 Å². The monoisotopic (exact) mass is 427 g/mol. The van der Waals surface area contributed by atoms with Crippen molar-refractivity contribution in [1.29, 1.82) is 0 Å². The number of fused-ring (bicyclic) bond motifs is 3. The standard InChI is InChI=1S/C25H29N7/c1-17(2)32-12-7-18-3-4-19-13-28-24(30-22(19)23(18)32)29-21-6-5-20(14-27-21)31-15-25(16-31)8-10-26-11-9-25/h3-7,12-14,17,26H,8-11,15-16H2,1-2H3,(H,27,28,29,30). The highest BCUT2D eigenvalue weighted by atomic mass is 15.2. The first-order chi connectivity index (χ1) is 15.6. The van der Waals surface area contributed by atoms with Gasteiger partial charge < -0.3 is 20.1 Å². The third-order valence-electron chi connectivity index (χ3n) is 7.06. The van der Waals surface area contributed by atoms with Crippen LogP contribution in [0.15, 0.2) is 48.9 Å². The normalized spacial score (nSPS) is 17.9. The highest BCUT2D eigenvalue weighted by molar-refractivity contribution is 6.03. The summed E-state index contributed by atoms with van der Waals surface area (Å²) in [4.78, 5) is 16.5. The van der Waals surface area contributed by atoms with E-state index >= 15 is 0 Å². The van der Waals surface area contributed by atoms with Crippen molar-refractivity contribution < 1.29 is 0 Å². The number of nitrogens with zero attached hydrogens (tertiary/aromatic N) is 5. The van der Waals surface area contributed by atoms with Gasteiger partial charge in [0.05, 0.1) is 17.4 Å². The van der Waals surface area contributed by atoms with Gasteiger partial charge in [0.25, 0.3) is 0 Å². The first-order valence-electron chi connectivity index (χ1n) is 11.6. The molecule has 0 aliphatic carbocycles. The summed E-state index contributed by atoms with van der Waals surface area (Å²) < 4.78 is 2.27. The van der Waals surface area contributed by atoms with Gasteiger partial charge in [0.2, 0.25) is 5.95 Å². The number of pyridine rings is 1. The summed E-state index contributed by atoms with van der Waals surface area (Å²) >= 11 is 0. The molecule has 4 aromatic rings. The van der Waals surface area contributed by atoms with Crippen LogP contribution in [0.3, 0.4) is 0 Å². The molecule has 6 rings (SSSR count). The van der Waals surface area contributed by atoms with Crippen molar-refractivity contribution in [2.75, 3.05) is 36.4 Å². The van der Waals surface area contributed by atoms with E-state index in [1.165, 1.54) is 23.9 Å². The van der Waals surface area contributed by atoms with E-state index in [-0.39, 0.29) is 0 Å². The molecule has 1 aromatic carbocycles. The van der Waals surface area contributed by atoms with Crippen LogP contribution in [0.2, 0.25) is 0 Å². The molecule has 2 aliphatic rings. The molecule has 1 spiro atoms. The summed E-state index contributed by atoms with van der Waals surface area (Å²) in [5.74, 6) is 1.33. The van der Waals surface area contributed by atoms with Crippen LogP contribution < -0.4 is 15.5 Å². The third kappa shape index (κ3) is 3.28. The topological polar surface area (TPSA) is 70.9 Å². The Bertz CT molecular complexity index is 1260. The summed E-state index contributed by atoms with van der Waals surface area (Å²) in [6, 6.07) is 10.9. The molecule has 0 radical (unpaired) electrons. The molecule has 2 fully saturated rings. The van der Waals surface area contributed by atoms with Crippen molar-refractivity contribution in [3.05, 3.63) is 48.9 Å². The minimum atomic E-state index is 0.365. The highest BCUT2D eigenvalue weighted by Gasteiger charge is 2.43. The van der Waals surface area contributed by atoms with Crippen LogP contribution in [0, 0.1) is 5.41 Å². The molecule has 0 atom stereocenters. The number of anilines is 3. The Morgan fingerprint density at radius 3 is 2.53 bits per heavy atom. The van der Waals surface area contributed by atoms with E-state index in [2.05, 4.69) is 74.4 Å². The SMILES string of the molecule is CC(C)n1ccc2ccc3cnc(Nc4ccc(N5CC6(CCNCC6)C5)cn4)nc3c21. The number of hydrogen-bond donors (Lipinski definition) is 2. The molecule has 164 valence electrons. The van der Waals surface area contributed by atoms with Crippen molar-refractivity contribution in [2.45, 2.75) is 32.7 Å². The average molecular weight is 428 g/mol. The van der Waals surface area contributed by atoms with Crippen LogP contribution in [0.1, 0.15) is 32.7 Å². The van der Waals surface area contributed by atoms with Gasteiger partial charge in [-0.25, -0.2) is 15.0 Å². The summed E-state index contributed by atoms with van der Waals surface area (Å²) in [6.07, 6.45) is 8.54. The third-order valence-corrected chi connectivity index (χ3v) is 7.06. The van der Waals surface area contributed by atoms with Crippen molar-refractivity contribution in [3.63, 3.8) is 0 Å². The Hall–Kier alpha value is -3.19. The first kappa shape index (κ1) is 19.5. The molecule has 2 N–H and O–H groups in total. The second-order valence-electron chi connectivity index (χ2n) is 9.58. The fourth-order valence-corrected chi connectivity index (χ4v) is 5.21. The molecule has 32 heavy (non-hydrogen) atoms. The van der Waals surface area contributed by atoms with E-state index in [1.54, 1.807) is 0 Å². The summed E-state index contributed by atoms with van der Waals surface area (Å²) in [7, 11) is 0. The molecule has 7 heteroatoms. The zero-order valence-electron chi connectivity index (χ0n) is 18.7. The molecular formula is C25H29N7. The number of piperidine rings is 1. The van der Waals surface area contributed by atoms with Gasteiger partial charge in [0.15, 0.2) is 0 Å². The van der Waals surface area contributed by atoms with E-state index in [0.717, 1.165) is 48.4 Å². The molecular weight excluding hydrogens is 398 g/mol. The van der Waals surface area contributed by atoms with Gasteiger partial charge in [0, 0.05) is 47.7 Å². The molecule has 2 saturated heterocycles. The van der Waals surface area contributed by atoms with Gasteiger partial charge >= 0.3 is 0 Å². The predicted molar refractivity (Wildman–Crippen MR) is 130 cm³/mol. The molecule has 0 saturated carbocycles. The number of nitrogens with one attached hydrogen (secondary N) is 2. The van der Waals surface area contributed by atoms with Gasteiger partial charge in [-0.05, 0) is 58.0 Å². The molecule has 2 aliphatic heterocycles. The number of rotatable bonds is 4. The maximum atomic E-state index is 4.86. The quantitative estimate of drug-likeness (QED) is 0.500. The van der Waals surface area contributed by atoms with Gasteiger partial charge in [-0.1, -0.05) is 12.1 Å². The number of benzene rings is 1. The lowest BCUT2D eigenvalue weighted by molar-refractivity contribution is 0.150. The first-order valence-corrected chi connectivity index (χ1v) is 11.6. The number of hydrogen-bond acceptors (Lipinski definition) is 6. The molecule has 0 unspecified atom stereocenters. The molecule has 5 heterocycles. The van der Waals surface area contributed by atoms with Crippen molar-refractivity contribution >= 4 is 39.3 Å². The molecule has 0 bridgehead atoms. The van der Waals surface area contributed by atoms with Gasteiger partial charge in [0.1, 0.15) is 11.3 Å². The van der Waals surface area contributed by atoms with Crippen LogP contribution in [0.5, 0.6) is 0 Å². The smallest absolute Gasteiger partial charge is 0.228 e. The number of aromatic nitrogens is 4. The van der Waals surface area contributed by atoms with E-state index in [0.29, 0.717) is 17.4 Å². The highest BCUT2D eigenvalue weighted by Crippen LogP contribution is 2.41. The Morgan fingerprint density at radius 2 is 1.78 bits per heavy atom. The van der Waals surface area contributed by atoms with Crippen molar-refractivity contribution in [2.24, 2.45) is 5.41 Å². The van der Waals surface area contributed by atoms with E-state index in [9.17, 15) is 0 Å². The zero-order chi connectivity index (χ0) is 21.7. The lowest BCUT2D eigenvalue weighted by Gasteiger charge is -2.53. The lowest BCUT2D eigenvalue weighted by Crippen LogP contribution is -2.60. The van der Waals surface area contributed by atoms with Crippen LogP contribution >= 0.6 is 0 Å². The van der Waals surface area contributed by atoms with E-state index < -0.39 is 0 Å².